The Kier molecular flexibility index (Phi) is 15.8. The van der Waals surface area contributed by atoms with Crippen LogP contribution in [0.3, 0.4) is 0 Å². The summed E-state index contributed by atoms with van der Waals surface area (Å²) >= 11 is 0. The Hall–Kier alpha value is -11.2. The number of hydrogen-bond donors (Lipinski definition) is 0. The molecule has 13 aromatic rings. The van der Waals surface area contributed by atoms with Gasteiger partial charge in [-0.25, -0.2) is 13.2 Å². The molecule has 0 aromatic heterocycles. The van der Waals surface area contributed by atoms with Gasteiger partial charge in [0, 0.05) is 68.2 Å². The van der Waals surface area contributed by atoms with Gasteiger partial charge in [0.1, 0.15) is 17.5 Å². The second-order valence-corrected chi connectivity index (χ2v) is 22.2. The number of anilines is 12. The van der Waals surface area contributed by atoms with Crippen LogP contribution < -0.4 is 19.6 Å². The third kappa shape index (κ3) is 12.2. The van der Waals surface area contributed by atoms with E-state index in [1.165, 1.54) is 34.9 Å². The molecule has 13 rings (SSSR count). The van der Waals surface area contributed by atoms with Crippen LogP contribution in [0.4, 0.5) is 81.4 Å². The first-order chi connectivity index (χ1) is 43.0. The van der Waals surface area contributed by atoms with E-state index in [-0.39, 0.29) is 17.5 Å². The molecule has 0 fully saturated rings. The third-order valence-corrected chi connectivity index (χ3v) is 16.0. The zero-order valence-electron chi connectivity index (χ0n) is 48.9. The van der Waals surface area contributed by atoms with E-state index in [4.69, 9.17) is 0 Å². The van der Waals surface area contributed by atoms with Gasteiger partial charge in [0.25, 0.3) is 0 Å². The fraction of sp³-hybridized carbons (Fsp3) is 0.0370. The molecule has 0 aliphatic heterocycles. The number of benzene rings is 13. The minimum absolute atomic E-state index is 0.310. The first-order valence-electron chi connectivity index (χ1n) is 29.4. The molecule has 426 valence electrons. The Morgan fingerprint density at radius 3 is 0.557 bits per heavy atom. The quantitative estimate of drug-likeness (QED) is 0.0956. The predicted octanol–water partition coefficient (Wildman–Crippen LogP) is 23.6. The van der Waals surface area contributed by atoms with Gasteiger partial charge in [0.2, 0.25) is 0 Å². The Morgan fingerprint density at radius 1 is 0.170 bits per heavy atom. The van der Waals surface area contributed by atoms with E-state index >= 15 is 8.78 Å². The van der Waals surface area contributed by atoms with E-state index in [1.807, 2.05) is 23.1 Å². The van der Waals surface area contributed by atoms with E-state index in [0.717, 1.165) is 95.7 Å². The van der Waals surface area contributed by atoms with Crippen molar-refractivity contribution in [3.63, 3.8) is 0 Å². The molecule has 0 radical (unpaired) electrons. The summed E-state index contributed by atoms with van der Waals surface area (Å²) in [6, 6.07) is 104. The second-order valence-electron chi connectivity index (χ2n) is 22.2. The summed E-state index contributed by atoms with van der Waals surface area (Å²) in [6.45, 7) is 6.32. The molecule has 0 aliphatic carbocycles. The van der Waals surface area contributed by atoms with Crippen LogP contribution in [0.2, 0.25) is 0 Å². The van der Waals surface area contributed by atoms with E-state index in [2.05, 4.69) is 278 Å². The minimum Gasteiger partial charge on any atom is -0.310 e. The van der Waals surface area contributed by atoms with Crippen LogP contribution in [0.25, 0.3) is 44.5 Å². The molecule has 4 nitrogen and oxygen atoms in total. The van der Waals surface area contributed by atoms with Crippen molar-refractivity contribution in [1.29, 1.82) is 0 Å². The maximum atomic E-state index is 15.0. The monoisotopic (exact) mass is 1150 g/mol. The standard InChI is InChI=1S/C81H61F3N4/c1-56-19-21-59(22-20-56)60-23-37-70(38-24-60)85(79-16-6-11-67(82)53-79)71-39-25-61(26-40-71)62-27-41-72(42-28-62)86(80-17-7-12-68(83)54-80)73-43-29-63(30-44-73)64-31-45-74(46-32-64)87(81-18-8-13-69(84)55-81)75-47-33-65(34-48-75)66-35-49-76(50-36-66)88(77-14-4-9-57(2)51-77)78-15-5-10-58(3)52-78/h4-55H,1-3H3. The van der Waals surface area contributed by atoms with Crippen molar-refractivity contribution in [2.24, 2.45) is 0 Å². The van der Waals surface area contributed by atoms with Crippen LogP contribution in [-0.2, 0) is 0 Å². The third-order valence-electron chi connectivity index (χ3n) is 16.0. The molecule has 13 aromatic carbocycles. The predicted molar refractivity (Wildman–Crippen MR) is 361 cm³/mol. The summed E-state index contributed by atoms with van der Waals surface area (Å²) in [6.07, 6.45) is 0. The van der Waals surface area contributed by atoms with Crippen molar-refractivity contribution in [3.05, 3.63) is 350 Å². The fourth-order valence-corrected chi connectivity index (χ4v) is 11.5. The lowest BCUT2D eigenvalue weighted by atomic mass is 10.0. The highest BCUT2D eigenvalue weighted by Gasteiger charge is 2.20. The van der Waals surface area contributed by atoms with Crippen LogP contribution in [0.5, 0.6) is 0 Å². The largest absolute Gasteiger partial charge is 0.310 e. The zero-order valence-corrected chi connectivity index (χ0v) is 48.9. The molecule has 88 heavy (non-hydrogen) atoms. The summed E-state index contributed by atoms with van der Waals surface area (Å²) in [4.78, 5) is 8.46. The molecule has 0 bridgehead atoms. The lowest BCUT2D eigenvalue weighted by molar-refractivity contribution is 0.627. The first kappa shape index (κ1) is 56.0. The van der Waals surface area contributed by atoms with Crippen LogP contribution in [0, 0.1) is 38.2 Å². The summed E-state index contributed by atoms with van der Waals surface area (Å²) in [7, 11) is 0. The van der Waals surface area contributed by atoms with Crippen molar-refractivity contribution in [2.45, 2.75) is 20.8 Å². The number of aryl methyl sites for hydroxylation is 3. The van der Waals surface area contributed by atoms with E-state index < -0.39 is 0 Å². The number of rotatable bonds is 16. The van der Waals surface area contributed by atoms with Crippen molar-refractivity contribution < 1.29 is 13.2 Å². The Morgan fingerprint density at radius 2 is 0.352 bits per heavy atom. The second kappa shape index (κ2) is 24.8. The molecule has 0 aliphatic rings. The zero-order chi connectivity index (χ0) is 60.1. The summed E-state index contributed by atoms with van der Waals surface area (Å²) < 4.78 is 44.8. The molecule has 0 amide bonds. The SMILES string of the molecule is Cc1ccc(-c2ccc(N(c3ccc(-c4ccc(N(c5ccc(-c6ccc(N(c7ccc(-c8ccc(N(c9cccc(C)c9)c9cccc(C)c9)cc8)cc7)c7cccc(F)c7)cc6)cc5)c5cccc(F)c5)cc4)cc3)c3cccc(F)c3)cc2)cc1. The van der Waals surface area contributed by atoms with Gasteiger partial charge in [-0.05, 0) is 240 Å². The van der Waals surface area contributed by atoms with Crippen LogP contribution in [0.15, 0.2) is 315 Å². The van der Waals surface area contributed by atoms with Crippen molar-refractivity contribution in [3.8, 4) is 44.5 Å². The molecule has 0 saturated heterocycles. The van der Waals surface area contributed by atoms with Crippen LogP contribution in [-0.4, -0.2) is 0 Å². The van der Waals surface area contributed by atoms with Gasteiger partial charge in [0.05, 0.1) is 0 Å². The van der Waals surface area contributed by atoms with Crippen LogP contribution >= 0.6 is 0 Å². The van der Waals surface area contributed by atoms with E-state index in [9.17, 15) is 4.39 Å². The lowest BCUT2D eigenvalue weighted by Gasteiger charge is -2.27. The fourth-order valence-electron chi connectivity index (χ4n) is 11.5. The van der Waals surface area contributed by atoms with Gasteiger partial charge in [-0.1, -0.05) is 157 Å². The van der Waals surface area contributed by atoms with E-state index in [1.54, 1.807) is 36.4 Å². The van der Waals surface area contributed by atoms with Crippen molar-refractivity contribution in [2.75, 3.05) is 19.6 Å². The molecular formula is C81H61F3N4. The smallest absolute Gasteiger partial charge is 0.125 e. The van der Waals surface area contributed by atoms with Crippen LogP contribution in [0.1, 0.15) is 16.7 Å². The van der Waals surface area contributed by atoms with Gasteiger partial charge < -0.3 is 19.6 Å². The summed E-state index contributed by atoms with van der Waals surface area (Å²) in [5, 5.41) is 0. The van der Waals surface area contributed by atoms with E-state index in [0.29, 0.717) is 17.1 Å². The molecule has 0 unspecified atom stereocenters. The maximum Gasteiger partial charge on any atom is 0.125 e. The maximum absolute atomic E-state index is 15.0. The lowest BCUT2D eigenvalue weighted by Crippen LogP contribution is -2.10. The molecule has 0 atom stereocenters. The molecule has 0 spiro atoms. The molecule has 0 heterocycles. The summed E-state index contributed by atoms with van der Waals surface area (Å²) in [5.41, 5.74) is 22.6. The summed E-state index contributed by atoms with van der Waals surface area (Å²) in [5.74, 6) is -0.965. The average molecular weight is 1150 g/mol. The molecule has 0 N–H and O–H groups in total. The van der Waals surface area contributed by atoms with Gasteiger partial charge in [-0.15, -0.1) is 0 Å². The first-order valence-corrected chi connectivity index (χ1v) is 29.4. The van der Waals surface area contributed by atoms with Gasteiger partial charge >= 0.3 is 0 Å². The van der Waals surface area contributed by atoms with Crippen molar-refractivity contribution in [1.82, 2.24) is 0 Å². The highest BCUT2D eigenvalue weighted by Crippen LogP contribution is 2.43. The number of halogens is 3. The minimum atomic E-state index is -0.334. The topological polar surface area (TPSA) is 13.0 Å². The Labute approximate surface area is 513 Å². The number of hydrogen-bond acceptors (Lipinski definition) is 4. The normalized spacial score (nSPS) is 11.1. The molecular weight excluding hydrogens is 1090 g/mol. The molecule has 7 heteroatoms. The van der Waals surface area contributed by atoms with Gasteiger partial charge in [0.15, 0.2) is 0 Å². The van der Waals surface area contributed by atoms with Gasteiger partial charge in [-0.3, -0.25) is 0 Å². The highest BCUT2D eigenvalue weighted by molar-refractivity contribution is 5.85. The average Bonchev–Trinajstić information content (AvgIpc) is 3.73. The Bertz CT molecular complexity index is 4480. The van der Waals surface area contributed by atoms with Gasteiger partial charge in [-0.2, -0.15) is 0 Å². The Balaban J connectivity index is 0.739. The van der Waals surface area contributed by atoms with Crippen molar-refractivity contribution >= 4 is 68.2 Å². The molecule has 0 saturated carbocycles. The highest BCUT2D eigenvalue weighted by atomic mass is 19.1. The number of nitrogens with zero attached hydrogens (tertiary/aromatic N) is 4.